The second-order valence-electron chi connectivity index (χ2n) is 4.15. The molecular weight excluding hydrogens is 226 g/mol. The lowest BCUT2D eigenvalue weighted by atomic mass is 10.2. The van der Waals surface area contributed by atoms with Crippen LogP contribution >= 0.6 is 0 Å². The standard InChI is InChI=1S/C14H11N3O/c1-10-2-6-16-13(8-10)17-7-4-11-9-15-5-3-12(11)14(17)18/h2-9H,1H3. The number of hydrogen-bond donors (Lipinski definition) is 0. The number of aryl methyl sites for hydroxylation is 1. The lowest BCUT2D eigenvalue weighted by molar-refractivity contribution is 0.950. The maximum Gasteiger partial charge on any atom is 0.264 e. The van der Waals surface area contributed by atoms with E-state index in [1.165, 1.54) is 0 Å². The van der Waals surface area contributed by atoms with Gasteiger partial charge in [0.15, 0.2) is 0 Å². The van der Waals surface area contributed by atoms with Gasteiger partial charge >= 0.3 is 0 Å². The van der Waals surface area contributed by atoms with Gasteiger partial charge in [0.05, 0.1) is 5.39 Å². The van der Waals surface area contributed by atoms with Crippen molar-refractivity contribution in [1.82, 2.24) is 14.5 Å². The Kier molecular flexibility index (Phi) is 2.41. The summed E-state index contributed by atoms with van der Waals surface area (Å²) in [6.45, 7) is 1.97. The molecule has 0 fully saturated rings. The van der Waals surface area contributed by atoms with E-state index in [1.807, 2.05) is 25.1 Å². The van der Waals surface area contributed by atoms with Gasteiger partial charge in [-0.15, -0.1) is 0 Å². The molecule has 0 amide bonds. The lowest BCUT2D eigenvalue weighted by Gasteiger charge is -2.06. The summed E-state index contributed by atoms with van der Waals surface area (Å²) in [5.41, 5.74) is 0.995. The fourth-order valence-corrected chi connectivity index (χ4v) is 1.92. The van der Waals surface area contributed by atoms with Crippen molar-refractivity contribution in [2.24, 2.45) is 0 Å². The fourth-order valence-electron chi connectivity index (χ4n) is 1.92. The topological polar surface area (TPSA) is 47.8 Å². The minimum atomic E-state index is -0.0759. The van der Waals surface area contributed by atoms with E-state index in [2.05, 4.69) is 9.97 Å². The number of aromatic nitrogens is 3. The molecule has 3 aromatic rings. The van der Waals surface area contributed by atoms with Crippen LogP contribution in [0.1, 0.15) is 5.56 Å². The Morgan fingerprint density at radius 2 is 2.06 bits per heavy atom. The summed E-state index contributed by atoms with van der Waals surface area (Å²) >= 11 is 0. The molecule has 0 radical (unpaired) electrons. The average molecular weight is 237 g/mol. The summed E-state index contributed by atoms with van der Waals surface area (Å²) < 4.78 is 1.55. The van der Waals surface area contributed by atoms with Gasteiger partial charge in [-0.3, -0.25) is 14.3 Å². The smallest absolute Gasteiger partial charge is 0.264 e. The molecule has 4 heteroatoms. The SMILES string of the molecule is Cc1ccnc(-n2ccc3cnccc3c2=O)c1. The van der Waals surface area contributed by atoms with Crippen LogP contribution in [0.4, 0.5) is 0 Å². The van der Waals surface area contributed by atoms with Crippen molar-refractivity contribution in [1.29, 1.82) is 0 Å². The first-order valence-electron chi connectivity index (χ1n) is 5.64. The molecule has 0 aromatic carbocycles. The second kappa shape index (κ2) is 4.07. The van der Waals surface area contributed by atoms with E-state index in [1.54, 1.807) is 35.4 Å². The maximum absolute atomic E-state index is 12.3. The number of pyridine rings is 3. The summed E-state index contributed by atoms with van der Waals surface area (Å²) in [7, 11) is 0. The van der Waals surface area contributed by atoms with Crippen molar-refractivity contribution in [2.45, 2.75) is 6.92 Å². The van der Waals surface area contributed by atoms with Gasteiger partial charge in [-0.1, -0.05) is 0 Å². The van der Waals surface area contributed by atoms with Crippen LogP contribution in [0.2, 0.25) is 0 Å². The summed E-state index contributed by atoms with van der Waals surface area (Å²) in [6, 6.07) is 7.38. The highest BCUT2D eigenvalue weighted by molar-refractivity contribution is 5.80. The third-order valence-corrected chi connectivity index (χ3v) is 2.85. The van der Waals surface area contributed by atoms with Crippen molar-refractivity contribution in [2.75, 3.05) is 0 Å². The zero-order valence-corrected chi connectivity index (χ0v) is 9.87. The van der Waals surface area contributed by atoms with E-state index in [-0.39, 0.29) is 5.56 Å². The second-order valence-corrected chi connectivity index (χ2v) is 4.15. The molecule has 0 saturated carbocycles. The Bertz CT molecular complexity index is 777. The molecule has 0 unspecified atom stereocenters. The quantitative estimate of drug-likeness (QED) is 0.651. The van der Waals surface area contributed by atoms with Crippen LogP contribution in [-0.4, -0.2) is 14.5 Å². The van der Waals surface area contributed by atoms with E-state index in [4.69, 9.17) is 0 Å². The molecule has 88 valence electrons. The molecule has 3 aromatic heterocycles. The molecule has 0 spiro atoms. The molecule has 0 N–H and O–H groups in total. The van der Waals surface area contributed by atoms with Crippen LogP contribution in [0.5, 0.6) is 0 Å². The number of hydrogen-bond acceptors (Lipinski definition) is 3. The van der Waals surface area contributed by atoms with Gasteiger partial charge in [0.25, 0.3) is 5.56 Å². The molecule has 3 rings (SSSR count). The summed E-state index contributed by atoms with van der Waals surface area (Å²) in [5, 5.41) is 1.49. The first-order chi connectivity index (χ1) is 8.75. The molecule has 0 aliphatic rings. The minimum absolute atomic E-state index is 0.0759. The van der Waals surface area contributed by atoms with Gasteiger partial charge < -0.3 is 0 Å². The first-order valence-corrected chi connectivity index (χ1v) is 5.64. The van der Waals surface area contributed by atoms with Crippen LogP contribution < -0.4 is 5.56 Å². The molecule has 0 atom stereocenters. The van der Waals surface area contributed by atoms with Crippen molar-refractivity contribution in [3.05, 3.63) is 65.0 Å². The molecule has 3 heterocycles. The van der Waals surface area contributed by atoms with E-state index < -0.39 is 0 Å². The summed E-state index contributed by atoms with van der Waals surface area (Å²) in [5.74, 6) is 0.638. The molecule has 0 saturated heterocycles. The third-order valence-electron chi connectivity index (χ3n) is 2.85. The Morgan fingerprint density at radius 1 is 1.17 bits per heavy atom. The summed E-state index contributed by atoms with van der Waals surface area (Å²) in [4.78, 5) is 20.6. The van der Waals surface area contributed by atoms with Crippen molar-refractivity contribution < 1.29 is 0 Å². The lowest BCUT2D eigenvalue weighted by Crippen LogP contribution is -2.18. The normalized spacial score (nSPS) is 10.7. The number of rotatable bonds is 1. The predicted molar refractivity (Wildman–Crippen MR) is 69.9 cm³/mol. The Labute approximate surface area is 104 Å². The van der Waals surface area contributed by atoms with Gasteiger partial charge in [0.2, 0.25) is 0 Å². The largest absolute Gasteiger partial charge is 0.268 e. The Hall–Kier alpha value is -2.49. The zero-order valence-electron chi connectivity index (χ0n) is 9.87. The minimum Gasteiger partial charge on any atom is -0.268 e. The van der Waals surface area contributed by atoms with Crippen LogP contribution in [0, 0.1) is 6.92 Å². The molecule has 18 heavy (non-hydrogen) atoms. The monoisotopic (exact) mass is 237 g/mol. The zero-order chi connectivity index (χ0) is 12.5. The third kappa shape index (κ3) is 1.68. The van der Waals surface area contributed by atoms with Gasteiger partial charge in [0, 0.05) is 30.2 Å². The molecule has 0 aliphatic heterocycles. The van der Waals surface area contributed by atoms with Crippen LogP contribution in [0.3, 0.4) is 0 Å². The number of fused-ring (bicyclic) bond motifs is 1. The highest BCUT2D eigenvalue weighted by atomic mass is 16.1. The van der Waals surface area contributed by atoms with Gasteiger partial charge in [-0.2, -0.15) is 0 Å². The predicted octanol–water partition coefficient (Wildman–Crippen LogP) is 2.09. The first kappa shape index (κ1) is 10.7. The van der Waals surface area contributed by atoms with Crippen molar-refractivity contribution >= 4 is 10.8 Å². The van der Waals surface area contributed by atoms with Gasteiger partial charge in [0.1, 0.15) is 5.82 Å². The van der Waals surface area contributed by atoms with E-state index in [9.17, 15) is 4.79 Å². The maximum atomic E-state index is 12.3. The van der Waals surface area contributed by atoms with E-state index in [0.717, 1.165) is 10.9 Å². The van der Waals surface area contributed by atoms with Crippen molar-refractivity contribution in [3.8, 4) is 5.82 Å². The molecule has 0 aliphatic carbocycles. The van der Waals surface area contributed by atoms with Crippen LogP contribution in [0.15, 0.2) is 53.8 Å². The molecular formula is C14H11N3O. The Morgan fingerprint density at radius 3 is 2.89 bits per heavy atom. The molecule has 4 nitrogen and oxygen atoms in total. The average Bonchev–Trinajstić information content (AvgIpc) is 2.39. The highest BCUT2D eigenvalue weighted by Crippen LogP contribution is 2.09. The van der Waals surface area contributed by atoms with E-state index >= 15 is 0 Å². The fraction of sp³-hybridized carbons (Fsp3) is 0.0714. The summed E-state index contributed by atoms with van der Waals surface area (Å²) in [6.07, 6.45) is 6.74. The van der Waals surface area contributed by atoms with E-state index in [0.29, 0.717) is 11.2 Å². The van der Waals surface area contributed by atoms with Crippen LogP contribution in [-0.2, 0) is 0 Å². The Balaban J connectivity index is 2.31. The molecule has 0 bridgehead atoms. The van der Waals surface area contributed by atoms with Gasteiger partial charge in [-0.25, -0.2) is 4.98 Å². The van der Waals surface area contributed by atoms with Crippen molar-refractivity contribution in [3.63, 3.8) is 0 Å². The van der Waals surface area contributed by atoms with Crippen LogP contribution in [0.25, 0.3) is 16.6 Å². The highest BCUT2D eigenvalue weighted by Gasteiger charge is 2.05. The van der Waals surface area contributed by atoms with Gasteiger partial charge in [-0.05, 0) is 36.8 Å². The number of nitrogens with zero attached hydrogens (tertiary/aromatic N) is 3.